The predicted molar refractivity (Wildman–Crippen MR) is 74.1 cm³/mol. The molecule has 106 valence electrons. The van der Waals surface area contributed by atoms with Crippen molar-refractivity contribution in [2.75, 3.05) is 13.1 Å². The Morgan fingerprint density at radius 2 is 1.80 bits per heavy atom. The van der Waals surface area contributed by atoms with Gasteiger partial charge >= 0.3 is 0 Å². The molecule has 1 saturated heterocycles. The van der Waals surface area contributed by atoms with Crippen LogP contribution in [0.15, 0.2) is 34.7 Å². The first kappa shape index (κ1) is 13.3. The molecule has 0 spiro atoms. The molecule has 1 unspecified atom stereocenters. The maximum atomic E-state index is 5.76. The number of ether oxygens (including phenoxy) is 1. The fraction of sp³-hybridized carbons (Fsp3) is 0.467. The maximum absolute atomic E-state index is 5.76. The number of morpholine rings is 1. The Bertz CT molecular complexity index is 545. The molecule has 0 saturated carbocycles. The van der Waals surface area contributed by atoms with Crippen LogP contribution in [-0.2, 0) is 11.3 Å². The lowest BCUT2D eigenvalue weighted by Crippen LogP contribution is -3.14. The second-order valence-corrected chi connectivity index (χ2v) is 5.46. The summed E-state index contributed by atoms with van der Waals surface area (Å²) in [6.07, 6.45) is 0.565. The van der Waals surface area contributed by atoms with Gasteiger partial charge in [0.2, 0.25) is 5.89 Å². The Morgan fingerprint density at radius 1 is 1.10 bits per heavy atom. The third-order valence-corrected chi connectivity index (χ3v) is 3.51. The number of aromatic nitrogens is 2. The predicted octanol–water partition coefficient (Wildman–Crippen LogP) is 0.929. The first-order chi connectivity index (χ1) is 9.70. The van der Waals surface area contributed by atoms with Gasteiger partial charge in [0.15, 0.2) is 6.54 Å². The van der Waals surface area contributed by atoms with Crippen molar-refractivity contribution in [2.45, 2.75) is 32.6 Å². The van der Waals surface area contributed by atoms with Gasteiger partial charge in [0.1, 0.15) is 25.3 Å². The molecule has 1 aromatic carbocycles. The van der Waals surface area contributed by atoms with E-state index >= 15 is 0 Å². The van der Waals surface area contributed by atoms with E-state index in [-0.39, 0.29) is 12.2 Å². The van der Waals surface area contributed by atoms with Crippen molar-refractivity contribution >= 4 is 0 Å². The summed E-state index contributed by atoms with van der Waals surface area (Å²) in [7, 11) is 0. The van der Waals surface area contributed by atoms with Gasteiger partial charge in [-0.05, 0) is 26.0 Å². The molecular weight excluding hydrogens is 254 g/mol. The Labute approximate surface area is 118 Å². The zero-order chi connectivity index (χ0) is 13.9. The minimum atomic E-state index is 0.283. The van der Waals surface area contributed by atoms with Gasteiger partial charge in [-0.2, -0.15) is 0 Å². The van der Waals surface area contributed by atoms with Gasteiger partial charge in [-0.3, -0.25) is 0 Å². The number of nitrogens with zero attached hydrogens (tertiary/aromatic N) is 2. The van der Waals surface area contributed by atoms with Gasteiger partial charge in [0, 0.05) is 5.56 Å². The number of hydrogen-bond donors (Lipinski definition) is 1. The molecule has 2 heterocycles. The van der Waals surface area contributed by atoms with Crippen LogP contribution in [0.5, 0.6) is 0 Å². The summed E-state index contributed by atoms with van der Waals surface area (Å²) in [5.74, 6) is 1.29. The van der Waals surface area contributed by atoms with Gasteiger partial charge < -0.3 is 14.1 Å². The van der Waals surface area contributed by atoms with Crippen LogP contribution in [-0.4, -0.2) is 35.5 Å². The lowest BCUT2D eigenvalue weighted by molar-refractivity contribution is -0.929. The molecule has 5 nitrogen and oxygen atoms in total. The average molecular weight is 274 g/mol. The topological polar surface area (TPSA) is 52.6 Å². The summed E-state index contributed by atoms with van der Waals surface area (Å²) in [6, 6.07) is 9.86. The summed E-state index contributed by atoms with van der Waals surface area (Å²) in [6.45, 7) is 6.94. The Morgan fingerprint density at radius 3 is 2.50 bits per heavy atom. The maximum Gasteiger partial charge on any atom is 0.271 e. The Balaban J connectivity index is 1.68. The number of quaternary nitrogens is 1. The molecule has 3 atom stereocenters. The summed E-state index contributed by atoms with van der Waals surface area (Å²) < 4.78 is 11.5. The zero-order valence-electron chi connectivity index (χ0n) is 11.9. The fourth-order valence-corrected chi connectivity index (χ4v) is 2.77. The highest BCUT2D eigenvalue weighted by Crippen LogP contribution is 2.16. The van der Waals surface area contributed by atoms with Crippen molar-refractivity contribution in [3.63, 3.8) is 0 Å². The van der Waals surface area contributed by atoms with Gasteiger partial charge in [-0.25, -0.2) is 0 Å². The van der Waals surface area contributed by atoms with Crippen LogP contribution in [0.2, 0.25) is 0 Å². The molecule has 1 fully saturated rings. The van der Waals surface area contributed by atoms with Crippen molar-refractivity contribution in [3.05, 3.63) is 36.2 Å². The van der Waals surface area contributed by atoms with Crippen LogP contribution in [0.25, 0.3) is 11.5 Å². The van der Waals surface area contributed by atoms with Crippen LogP contribution in [0.1, 0.15) is 19.7 Å². The van der Waals surface area contributed by atoms with Gasteiger partial charge in [0.05, 0.1) is 0 Å². The minimum absolute atomic E-state index is 0.283. The SMILES string of the molecule is C[C@@H]1C[NH+](Cc2nnc(-c3ccccc3)o2)C[C@H](C)O1. The number of hydrogen-bond acceptors (Lipinski definition) is 4. The summed E-state index contributed by atoms with van der Waals surface area (Å²) >= 11 is 0. The lowest BCUT2D eigenvalue weighted by Gasteiger charge is -2.31. The van der Waals surface area contributed by atoms with Crippen LogP contribution in [0.3, 0.4) is 0 Å². The van der Waals surface area contributed by atoms with Gasteiger partial charge in [-0.15, -0.1) is 10.2 Å². The third-order valence-electron chi connectivity index (χ3n) is 3.51. The molecule has 1 aliphatic heterocycles. The highest BCUT2D eigenvalue weighted by Gasteiger charge is 2.27. The van der Waals surface area contributed by atoms with Crippen molar-refractivity contribution < 1.29 is 14.1 Å². The van der Waals surface area contributed by atoms with E-state index in [1.807, 2.05) is 30.3 Å². The highest BCUT2D eigenvalue weighted by molar-refractivity contribution is 5.51. The fourth-order valence-electron chi connectivity index (χ4n) is 2.77. The van der Waals surface area contributed by atoms with Gasteiger partial charge in [0.25, 0.3) is 5.89 Å². The van der Waals surface area contributed by atoms with E-state index < -0.39 is 0 Å². The van der Waals surface area contributed by atoms with Crippen LogP contribution >= 0.6 is 0 Å². The Kier molecular flexibility index (Phi) is 3.80. The van der Waals surface area contributed by atoms with Crippen molar-refractivity contribution in [2.24, 2.45) is 0 Å². The van der Waals surface area contributed by atoms with Crippen LogP contribution < -0.4 is 4.90 Å². The second kappa shape index (κ2) is 5.73. The summed E-state index contributed by atoms with van der Waals surface area (Å²) in [5, 5.41) is 8.29. The molecule has 1 N–H and O–H groups in total. The molecule has 2 aromatic rings. The van der Waals surface area contributed by atoms with Crippen LogP contribution in [0, 0.1) is 0 Å². The number of benzene rings is 1. The normalized spacial score (nSPS) is 26.6. The molecule has 1 aliphatic rings. The highest BCUT2D eigenvalue weighted by atomic mass is 16.5. The minimum Gasteiger partial charge on any atom is -0.415 e. The van der Waals surface area contributed by atoms with Crippen molar-refractivity contribution in [1.29, 1.82) is 0 Å². The molecular formula is C15H20N3O2+. The van der Waals surface area contributed by atoms with E-state index in [0.717, 1.165) is 25.2 Å². The van der Waals surface area contributed by atoms with Crippen molar-refractivity contribution in [1.82, 2.24) is 10.2 Å². The molecule has 0 amide bonds. The molecule has 0 radical (unpaired) electrons. The molecule has 3 rings (SSSR count). The van der Waals surface area contributed by atoms with E-state index in [1.54, 1.807) is 0 Å². The first-order valence-corrected chi connectivity index (χ1v) is 7.07. The monoisotopic (exact) mass is 274 g/mol. The van der Waals surface area contributed by atoms with Crippen LogP contribution in [0.4, 0.5) is 0 Å². The second-order valence-electron chi connectivity index (χ2n) is 5.46. The van der Waals surface area contributed by atoms with E-state index in [1.165, 1.54) is 4.90 Å². The number of rotatable bonds is 3. The van der Waals surface area contributed by atoms with E-state index in [0.29, 0.717) is 11.8 Å². The van der Waals surface area contributed by atoms with E-state index in [9.17, 15) is 0 Å². The quantitative estimate of drug-likeness (QED) is 0.904. The molecule has 20 heavy (non-hydrogen) atoms. The summed E-state index contributed by atoms with van der Waals surface area (Å²) in [4.78, 5) is 1.43. The molecule has 0 aliphatic carbocycles. The van der Waals surface area contributed by atoms with E-state index in [2.05, 4.69) is 24.0 Å². The standard InChI is InChI=1S/C15H19N3O2/c1-11-8-18(9-12(2)19-11)10-14-16-17-15(20-14)13-6-4-3-5-7-13/h3-7,11-12H,8-10H2,1-2H3/p+1/t11-,12+. The molecule has 0 bridgehead atoms. The van der Waals surface area contributed by atoms with E-state index in [4.69, 9.17) is 9.15 Å². The number of nitrogens with one attached hydrogen (secondary N) is 1. The molecule has 5 heteroatoms. The summed E-state index contributed by atoms with van der Waals surface area (Å²) in [5.41, 5.74) is 0.963. The first-order valence-electron chi connectivity index (χ1n) is 7.07. The average Bonchev–Trinajstić information content (AvgIpc) is 2.87. The largest absolute Gasteiger partial charge is 0.415 e. The zero-order valence-corrected chi connectivity index (χ0v) is 11.9. The van der Waals surface area contributed by atoms with Gasteiger partial charge in [-0.1, -0.05) is 18.2 Å². The van der Waals surface area contributed by atoms with Crippen molar-refractivity contribution in [3.8, 4) is 11.5 Å². The Hall–Kier alpha value is -1.72. The lowest BCUT2D eigenvalue weighted by atomic mass is 10.2. The third kappa shape index (κ3) is 3.05. The molecule has 1 aromatic heterocycles. The smallest absolute Gasteiger partial charge is 0.271 e.